The van der Waals surface area contributed by atoms with Crippen molar-refractivity contribution >= 4 is 0 Å². The van der Waals surface area contributed by atoms with Gasteiger partial charge in [-0.1, -0.05) is 97.1 Å². The molecule has 1 unspecified atom stereocenters. The Hall–Kier alpha value is -4.94. The maximum atomic E-state index is 6.57. The highest BCUT2D eigenvalue weighted by Gasteiger charge is 2.26. The molecule has 44 heavy (non-hydrogen) atoms. The van der Waals surface area contributed by atoms with Crippen LogP contribution in [0.15, 0.2) is 121 Å². The summed E-state index contributed by atoms with van der Waals surface area (Å²) in [7, 11) is 1.60. The molecular formula is C38H36O6. The van der Waals surface area contributed by atoms with E-state index in [2.05, 4.69) is 6.07 Å². The summed E-state index contributed by atoms with van der Waals surface area (Å²) < 4.78 is 36.7. The summed E-state index contributed by atoms with van der Waals surface area (Å²) >= 11 is 0. The van der Waals surface area contributed by atoms with Gasteiger partial charge in [-0.25, -0.2) is 0 Å². The maximum absolute atomic E-state index is 6.57. The second-order valence-electron chi connectivity index (χ2n) is 10.6. The van der Waals surface area contributed by atoms with Crippen LogP contribution in [0.1, 0.15) is 40.3 Å². The van der Waals surface area contributed by atoms with E-state index in [4.69, 9.17) is 28.4 Å². The van der Waals surface area contributed by atoms with Crippen LogP contribution in [0.5, 0.6) is 28.7 Å². The van der Waals surface area contributed by atoms with Crippen LogP contribution in [0.2, 0.25) is 0 Å². The molecule has 5 aromatic carbocycles. The lowest BCUT2D eigenvalue weighted by Gasteiger charge is -2.28. The van der Waals surface area contributed by atoms with Gasteiger partial charge >= 0.3 is 0 Å². The molecule has 6 heteroatoms. The van der Waals surface area contributed by atoms with Crippen molar-refractivity contribution in [2.75, 3.05) is 13.9 Å². The Bertz CT molecular complexity index is 1560. The number of fused-ring (bicyclic) bond motifs is 1. The molecule has 0 aliphatic carbocycles. The maximum Gasteiger partial charge on any atom is 0.203 e. The summed E-state index contributed by atoms with van der Waals surface area (Å²) in [5.74, 6) is 3.29. The van der Waals surface area contributed by atoms with Crippen molar-refractivity contribution in [1.82, 2.24) is 0 Å². The Morgan fingerprint density at radius 2 is 1.16 bits per heavy atom. The third-order valence-corrected chi connectivity index (χ3v) is 7.44. The summed E-state index contributed by atoms with van der Waals surface area (Å²) in [5, 5.41) is 0. The normalized spacial score (nSPS) is 13.8. The number of benzene rings is 5. The van der Waals surface area contributed by atoms with Crippen molar-refractivity contribution in [3.05, 3.63) is 149 Å². The Labute approximate surface area is 258 Å². The highest BCUT2D eigenvalue weighted by atomic mass is 16.7. The first-order chi connectivity index (χ1) is 21.7. The van der Waals surface area contributed by atoms with E-state index in [1.807, 2.05) is 115 Å². The van der Waals surface area contributed by atoms with E-state index in [0.29, 0.717) is 42.8 Å². The van der Waals surface area contributed by atoms with Crippen LogP contribution in [0.4, 0.5) is 0 Å². The fourth-order valence-electron chi connectivity index (χ4n) is 5.14. The molecule has 6 rings (SSSR count). The average molecular weight is 589 g/mol. The smallest absolute Gasteiger partial charge is 0.203 e. The van der Waals surface area contributed by atoms with E-state index >= 15 is 0 Å². The zero-order chi connectivity index (χ0) is 30.0. The summed E-state index contributed by atoms with van der Waals surface area (Å²) in [4.78, 5) is 0. The van der Waals surface area contributed by atoms with Crippen LogP contribution in [-0.2, 0) is 31.0 Å². The summed E-state index contributed by atoms with van der Waals surface area (Å²) in [6.45, 7) is 1.33. The second-order valence-corrected chi connectivity index (χ2v) is 10.6. The van der Waals surface area contributed by atoms with Gasteiger partial charge in [0.15, 0.2) is 18.3 Å². The largest absolute Gasteiger partial charge is 0.485 e. The van der Waals surface area contributed by atoms with Gasteiger partial charge in [0.1, 0.15) is 37.4 Å². The van der Waals surface area contributed by atoms with Gasteiger partial charge in [-0.15, -0.1) is 0 Å². The van der Waals surface area contributed by atoms with Crippen LogP contribution >= 0.6 is 0 Å². The minimum atomic E-state index is -0.207. The molecule has 1 aliphatic heterocycles. The molecule has 224 valence electrons. The molecule has 0 N–H and O–H groups in total. The quantitative estimate of drug-likeness (QED) is 0.129. The standard InChI is InChI=1S/C38H36O6/c1-39-27-43-33-19-17-31-18-20-34(44-35(31)23-33)32-21-36(40-24-28-11-5-2-6-12-28)38(42-26-30-15-9-4-10-16-30)37(22-32)41-25-29-13-7-3-8-14-29/h2-17,19,21-23,34H,18,20,24-27H2,1H3. The predicted molar refractivity (Wildman–Crippen MR) is 169 cm³/mol. The molecule has 6 nitrogen and oxygen atoms in total. The molecule has 0 aromatic heterocycles. The van der Waals surface area contributed by atoms with E-state index in [1.54, 1.807) is 7.11 Å². The number of rotatable bonds is 13. The molecule has 1 heterocycles. The molecule has 0 fully saturated rings. The van der Waals surface area contributed by atoms with Crippen molar-refractivity contribution < 1.29 is 28.4 Å². The predicted octanol–water partition coefficient (Wildman–Crippen LogP) is 8.47. The van der Waals surface area contributed by atoms with E-state index < -0.39 is 0 Å². The van der Waals surface area contributed by atoms with Gasteiger partial charge in [0.25, 0.3) is 0 Å². The van der Waals surface area contributed by atoms with Gasteiger partial charge in [0.2, 0.25) is 5.75 Å². The van der Waals surface area contributed by atoms with E-state index in [9.17, 15) is 0 Å². The van der Waals surface area contributed by atoms with Gasteiger partial charge in [-0.05, 0) is 58.9 Å². The van der Waals surface area contributed by atoms with Crippen molar-refractivity contribution in [3.8, 4) is 28.7 Å². The van der Waals surface area contributed by atoms with Gasteiger partial charge < -0.3 is 28.4 Å². The molecule has 0 bridgehead atoms. The Morgan fingerprint density at radius 3 is 1.70 bits per heavy atom. The monoisotopic (exact) mass is 588 g/mol. The fraction of sp³-hybridized carbons (Fsp3) is 0.211. The molecule has 0 spiro atoms. The molecule has 0 saturated carbocycles. The molecule has 0 saturated heterocycles. The lowest BCUT2D eigenvalue weighted by molar-refractivity contribution is 0.0506. The Balaban J connectivity index is 1.34. The molecule has 0 amide bonds. The summed E-state index contributed by atoms with van der Waals surface area (Å²) in [5.41, 5.74) is 5.28. The van der Waals surface area contributed by atoms with Gasteiger partial charge in [0.05, 0.1) is 0 Å². The van der Waals surface area contributed by atoms with Crippen molar-refractivity contribution in [2.45, 2.75) is 38.8 Å². The van der Waals surface area contributed by atoms with Crippen LogP contribution in [-0.4, -0.2) is 13.9 Å². The number of aryl methyl sites for hydroxylation is 1. The van der Waals surface area contributed by atoms with E-state index in [0.717, 1.165) is 46.4 Å². The topological polar surface area (TPSA) is 55.4 Å². The average Bonchev–Trinajstić information content (AvgIpc) is 3.09. The van der Waals surface area contributed by atoms with Crippen molar-refractivity contribution in [2.24, 2.45) is 0 Å². The van der Waals surface area contributed by atoms with Gasteiger partial charge in [0, 0.05) is 13.2 Å². The van der Waals surface area contributed by atoms with Crippen LogP contribution in [0.25, 0.3) is 0 Å². The summed E-state index contributed by atoms with van der Waals surface area (Å²) in [6.07, 6.45) is 1.48. The number of methoxy groups -OCH3 is 1. The zero-order valence-corrected chi connectivity index (χ0v) is 24.8. The highest BCUT2D eigenvalue weighted by molar-refractivity contribution is 5.55. The SMILES string of the molecule is COCOc1ccc2c(c1)OC(c1cc(OCc3ccccc3)c(OCc3ccccc3)c(OCc3ccccc3)c1)CC2. The van der Waals surface area contributed by atoms with Gasteiger partial charge in [-0.2, -0.15) is 0 Å². The summed E-state index contributed by atoms with van der Waals surface area (Å²) in [6, 6.07) is 40.3. The van der Waals surface area contributed by atoms with E-state index in [1.165, 1.54) is 0 Å². The molecule has 0 radical (unpaired) electrons. The Morgan fingerprint density at radius 1 is 0.614 bits per heavy atom. The van der Waals surface area contributed by atoms with Crippen LogP contribution in [0.3, 0.4) is 0 Å². The second kappa shape index (κ2) is 14.5. The molecular weight excluding hydrogens is 552 g/mol. The number of ether oxygens (including phenoxy) is 6. The molecule has 1 atom stereocenters. The van der Waals surface area contributed by atoms with Crippen LogP contribution < -0.4 is 23.7 Å². The first-order valence-corrected chi connectivity index (χ1v) is 14.8. The fourth-order valence-corrected chi connectivity index (χ4v) is 5.14. The molecule has 5 aromatic rings. The van der Waals surface area contributed by atoms with Gasteiger partial charge in [-0.3, -0.25) is 0 Å². The number of hydrogen-bond donors (Lipinski definition) is 0. The third kappa shape index (κ3) is 7.52. The van der Waals surface area contributed by atoms with E-state index in [-0.39, 0.29) is 12.9 Å². The minimum Gasteiger partial charge on any atom is -0.485 e. The van der Waals surface area contributed by atoms with Crippen molar-refractivity contribution in [1.29, 1.82) is 0 Å². The lowest BCUT2D eigenvalue weighted by atomic mass is 9.96. The van der Waals surface area contributed by atoms with Crippen molar-refractivity contribution in [3.63, 3.8) is 0 Å². The zero-order valence-electron chi connectivity index (χ0n) is 24.8. The first kappa shape index (κ1) is 29.1. The number of hydrogen-bond acceptors (Lipinski definition) is 6. The van der Waals surface area contributed by atoms with Crippen LogP contribution in [0, 0.1) is 0 Å². The lowest BCUT2D eigenvalue weighted by Crippen LogP contribution is -2.16. The first-order valence-electron chi connectivity index (χ1n) is 14.8. The minimum absolute atomic E-state index is 0.177. The highest BCUT2D eigenvalue weighted by Crippen LogP contribution is 2.45. The molecule has 1 aliphatic rings. The Kier molecular flexibility index (Phi) is 9.60. The third-order valence-electron chi connectivity index (χ3n) is 7.44.